The molecule has 3 rings (SSSR count). The maximum atomic E-state index is 13.4. The number of aryl methyl sites for hydroxylation is 1. The standard InChI is InChI=1S/C24H28N2O4/c1-15(2)13-26(24(28)18-10-20(29-4)12-21(11-18)30-5)14-19-9-17-8-16(3)6-7-22(17)25-23(19)27/h6-12,15H,13-14H2,1-5H3,(H,25,27). The molecule has 158 valence electrons. The zero-order chi connectivity index (χ0) is 21.8. The van der Waals surface area contributed by atoms with E-state index in [2.05, 4.69) is 4.98 Å². The summed E-state index contributed by atoms with van der Waals surface area (Å²) < 4.78 is 10.6. The number of amides is 1. The molecular formula is C24H28N2O4. The lowest BCUT2D eigenvalue weighted by atomic mass is 10.1. The van der Waals surface area contributed by atoms with Crippen LogP contribution in [0.3, 0.4) is 0 Å². The number of aromatic nitrogens is 1. The molecule has 30 heavy (non-hydrogen) atoms. The van der Waals surface area contributed by atoms with Crippen molar-refractivity contribution in [1.29, 1.82) is 0 Å². The van der Waals surface area contributed by atoms with Crippen LogP contribution in [0.25, 0.3) is 10.9 Å². The molecule has 0 saturated carbocycles. The molecule has 2 aromatic carbocycles. The maximum Gasteiger partial charge on any atom is 0.254 e. The van der Waals surface area contributed by atoms with Crippen molar-refractivity contribution in [3.8, 4) is 11.5 Å². The molecule has 0 aliphatic rings. The topological polar surface area (TPSA) is 71.6 Å². The quantitative estimate of drug-likeness (QED) is 0.637. The number of fused-ring (bicyclic) bond motifs is 1. The third-order valence-corrected chi connectivity index (χ3v) is 4.91. The van der Waals surface area contributed by atoms with Crippen molar-refractivity contribution in [2.45, 2.75) is 27.3 Å². The predicted molar refractivity (Wildman–Crippen MR) is 118 cm³/mol. The molecule has 6 heteroatoms. The molecule has 0 aliphatic heterocycles. The number of methoxy groups -OCH3 is 2. The number of hydrogen-bond acceptors (Lipinski definition) is 4. The molecule has 0 bridgehead atoms. The molecule has 6 nitrogen and oxygen atoms in total. The van der Waals surface area contributed by atoms with E-state index in [-0.39, 0.29) is 23.9 Å². The monoisotopic (exact) mass is 408 g/mol. The van der Waals surface area contributed by atoms with E-state index in [1.165, 1.54) is 0 Å². The molecule has 1 aromatic heterocycles. The van der Waals surface area contributed by atoms with Gasteiger partial charge in [-0.05, 0) is 48.6 Å². The SMILES string of the molecule is COc1cc(OC)cc(C(=O)N(Cc2cc3cc(C)ccc3[nH]c2=O)CC(C)C)c1. The summed E-state index contributed by atoms with van der Waals surface area (Å²) in [5.74, 6) is 1.15. The Labute approximate surface area is 176 Å². The second-order valence-electron chi connectivity index (χ2n) is 7.90. The highest BCUT2D eigenvalue weighted by Crippen LogP contribution is 2.24. The Morgan fingerprint density at radius 3 is 2.30 bits per heavy atom. The van der Waals surface area contributed by atoms with E-state index in [0.717, 1.165) is 16.5 Å². The highest BCUT2D eigenvalue weighted by molar-refractivity contribution is 5.95. The van der Waals surface area contributed by atoms with Crippen molar-refractivity contribution in [3.05, 3.63) is 69.5 Å². The first-order valence-corrected chi connectivity index (χ1v) is 9.95. The molecule has 0 aliphatic carbocycles. The van der Waals surface area contributed by atoms with E-state index < -0.39 is 0 Å². The zero-order valence-electron chi connectivity index (χ0n) is 18.1. The van der Waals surface area contributed by atoms with Crippen molar-refractivity contribution < 1.29 is 14.3 Å². The van der Waals surface area contributed by atoms with Crippen LogP contribution in [0.5, 0.6) is 11.5 Å². The van der Waals surface area contributed by atoms with Gasteiger partial charge in [0.2, 0.25) is 0 Å². The first-order valence-electron chi connectivity index (χ1n) is 9.95. The number of carbonyl (C=O) groups excluding carboxylic acids is 1. The van der Waals surface area contributed by atoms with Gasteiger partial charge in [-0.15, -0.1) is 0 Å². The third-order valence-electron chi connectivity index (χ3n) is 4.91. The summed E-state index contributed by atoms with van der Waals surface area (Å²) >= 11 is 0. The van der Waals surface area contributed by atoms with Gasteiger partial charge in [0.25, 0.3) is 11.5 Å². The van der Waals surface area contributed by atoms with Crippen LogP contribution >= 0.6 is 0 Å². The van der Waals surface area contributed by atoms with Gasteiger partial charge < -0.3 is 19.4 Å². The van der Waals surface area contributed by atoms with E-state index in [4.69, 9.17) is 9.47 Å². The summed E-state index contributed by atoms with van der Waals surface area (Å²) in [6, 6.07) is 12.8. The summed E-state index contributed by atoms with van der Waals surface area (Å²) in [5, 5.41) is 0.949. The Hall–Kier alpha value is -3.28. The molecule has 0 fully saturated rings. The van der Waals surface area contributed by atoms with Crippen LogP contribution < -0.4 is 15.0 Å². The molecule has 0 unspecified atom stereocenters. The summed E-state index contributed by atoms with van der Waals surface area (Å²) in [6.07, 6.45) is 0. The van der Waals surface area contributed by atoms with Crippen molar-refractivity contribution in [2.24, 2.45) is 5.92 Å². The van der Waals surface area contributed by atoms with Gasteiger partial charge in [-0.1, -0.05) is 25.5 Å². The fourth-order valence-corrected chi connectivity index (χ4v) is 3.47. The lowest BCUT2D eigenvalue weighted by Crippen LogP contribution is -2.35. The van der Waals surface area contributed by atoms with Gasteiger partial charge in [-0.2, -0.15) is 0 Å². The summed E-state index contributed by atoms with van der Waals surface area (Å²) in [6.45, 7) is 6.83. The zero-order valence-corrected chi connectivity index (χ0v) is 18.1. The van der Waals surface area contributed by atoms with Crippen LogP contribution in [0.4, 0.5) is 0 Å². The maximum absolute atomic E-state index is 13.4. The second kappa shape index (κ2) is 9.03. The van der Waals surface area contributed by atoms with Crippen LogP contribution in [-0.4, -0.2) is 36.6 Å². The van der Waals surface area contributed by atoms with Crippen LogP contribution in [0.1, 0.15) is 35.3 Å². The number of pyridine rings is 1. The average molecular weight is 408 g/mol. The van der Waals surface area contributed by atoms with Gasteiger partial charge in [-0.3, -0.25) is 9.59 Å². The number of rotatable bonds is 7. The molecular weight excluding hydrogens is 380 g/mol. The lowest BCUT2D eigenvalue weighted by molar-refractivity contribution is 0.0721. The van der Waals surface area contributed by atoms with Crippen molar-refractivity contribution in [3.63, 3.8) is 0 Å². The molecule has 1 N–H and O–H groups in total. The molecule has 1 heterocycles. The Morgan fingerprint density at radius 1 is 1.03 bits per heavy atom. The molecule has 3 aromatic rings. The largest absolute Gasteiger partial charge is 0.497 e. The van der Waals surface area contributed by atoms with E-state index >= 15 is 0 Å². The minimum absolute atomic E-state index is 0.176. The normalized spacial score (nSPS) is 11.0. The Bertz CT molecular complexity index is 1100. The highest BCUT2D eigenvalue weighted by Gasteiger charge is 2.20. The number of benzene rings is 2. The number of hydrogen-bond donors (Lipinski definition) is 1. The number of nitrogens with zero attached hydrogens (tertiary/aromatic N) is 1. The number of aromatic amines is 1. The average Bonchev–Trinajstić information content (AvgIpc) is 2.72. The highest BCUT2D eigenvalue weighted by atomic mass is 16.5. The van der Waals surface area contributed by atoms with Crippen molar-refractivity contribution >= 4 is 16.8 Å². The van der Waals surface area contributed by atoms with Gasteiger partial charge in [0.1, 0.15) is 11.5 Å². The van der Waals surface area contributed by atoms with Gasteiger partial charge in [0.15, 0.2) is 0 Å². The van der Waals surface area contributed by atoms with Crippen LogP contribution in [0.2, 0.25) is 0 Å². The predicted octanol–water partition coefficient (Wildman–Crippen LogP) is 4.15. The van der Waals surface area contributed by atoms with Gasteiger partial charge in [0.05, 0.1) is 20.8 Å². The number of nitrogens with one attached hydrogen (secondary N) is 1. The summed E-state index contributed by atoms with van der Waals surface area (Å²) in [4.78, 5) is 30.6. The van der Waals surface area contributed by atoms with Crippen LogP contribution in [0, 0.1) is 12.8 Å². The van der Waals surface area contributed by atoms with Gasteiger partial charge >= 0.3 is 0 Å². The van der Waals surface area contributed by atoms with Crippen molar-refractivity contribution in [1.82, 2.24) is 9.88 Å². The second-order valence-corrected chi connectivity index (χ2v) is 7.90. The Balaban J connectivity index is 1.99. The molecule has 0 radical (unpaired) electrons. The first kappa shape index (κ1) is 21.4. The number of carbonyl (C=O) groups is 1. The van der Waals surface area contributed by atoms with E-state index in [1.54, 1.807) is 37.3 Å². The van der Waals surface area contributed by atoms with E-state index in [9.17, 15) is 9.59 Å². The molecule has 1 amide bonds. The smallest absolute Gasteiger partial charge is 0.254 e. The van der Waals surface area contributed by atoms with Crippen LogP contribution in [0.15, 0.2) is 47.3 Å². The Morgan fingerprint density at radius 2 is 1.70 bits per heavy atom. The third kappa shape index (κ3) is 4.82. The minimum atomic E-state index is -0.184. The first-order chi connectivity index (χ1) is 14.3. The van der Waals surface area contributed by atoms with Crippen LogP contribution in [-0.2, 0) is 6.54 Å². The fourth-order valence-electron chi connectivity index (χ4n) is 3.47. The number of H-pyrrole nitrogens is 1. The number of ether oxygens (including phenoxy) is 2. The van der Waals surface area contributed by atoms with E-state index in [1.807, 2.05) is 45.0 Å². The molecule has 0 atom stereocenters. The van der Waals surface area contributed by atoms with Gasteiger partial charge in [0, 0.05) is 29.3 Å². The Kier molecular flexibility index (Phi) is 6.45. The lowest BCUT2D eigenvalue weighted by Gasteiger charge is -2.25. The molecule has 0 spiro atoms. The fraction of sp³-hybridized carbons (Fsp3) is 0.333. The van der Waals surface area contributed by atoms with E-state index in [0.29, 0.717) is 29.2 Å². The molecule has 0 saturated heterocycles. The van der Waals surface area contributed by atoms with Crippen molar-refractivity contribution in [2.75, 3.05) is 20.8 Å². The van der Waals surface area contributed by atoms with Gasteiger partial charge in [-0.25, -0.2) is 0 Å². The summed E-state index contributed by atoms with van der Waals surface area (Å²) in [7, 11) is 3.09. The minimum Gasteiger partial charge on any atom is -0.497 e. The summed E-state index contributed by atoms with van der Waals surface area (Å²) in [5.41, 5.74) is 2.72.